The van der Waals surface area contributed by atoms with E-state index in [9.17, 15) is 9.59 Å². The van der Waals surface area contributed by atoms with Crippen molar-refractivity contribution in [3.63, 3.8) is 0 Å². The van der Waals surface area contributed by atoms with E-state index in [-0.39, 0.29) is 11.0 Å². The second-order valence-electron chi connectivity index (χ2n) is 5.18. The second kappa shape index (κ2) is 7.23. The fourth-order valence-corrected chi connectivity index (χ4v) is 2.45. The quantitative estimate of drug-likeness (QED) is 0.715. The van der Waals surface area contributed by atoms with Gasteiger partial charge in [0.25, 0.3) is 0 Å². The molecule has 0 aliphatic rings. The molecule has 3 rings (SSSR count). The molecule has 0 saturated carbocycles. The Kier molecular flexibility index (Phi) is 4.86. The highest BCUT2D eigenvalue weighted by Crippen LogP contribution is 2.21. The van der Waals surface area contributed by atoms with Crippen LogP contribution in [-0.4, -0.2) is 13.0 Å². The first-order chi connectivity index (χ1) is 12.1. The Morgan fingerprint density at radius 1 is 1.24 bits per heavy atom. The van der Waals surface area contributed by atoms with E-state index in [1.807, 2.05) is 0 Å². The van der Waals surface area contributed by atoms with E-state index in [0.717, 1.165) is 0 Å². The third-order valence-corrected chi connectivity index (χ3v) is 3.88. The van der Waals surface area contributed by atoms with Crippen LogP contribution in [-0.2, 0) is 4.79 Å². The maximum Gasteiger partial charge on any atom is 0.248 e. The summed E-state index contributed by atoms with van der Waals surface area (Å²) >= 11 is 5.99. The fraction of sp³-hybridized carbons (Fsp3) is 0.0526. The summed E-state index contributed by atoms with van der Waals surface area (Å²) in [6.45, 7) is 0. The Hall–Kier alpha value is -3.05. The minimum atomic E-state index is -0.401. The van der Waals surface area contributed by atoms with Gasteiger partial charge in [-0.05, 0) is 30.3 Å². The largest absolute Gasteiger partial charge is 0.497 e. The van der Waals surface area contributed by atoms with Crippen molar-refractivity contribution in [3.8, 4) is 5.75 Å². The third kappa shape index (κ3) is 3.72. The molecule has 5 nitrogen and oxygen atoms in total. The number of amides is 1. The van der Waals surface area contributed by atoms with E-state index in [4.69, 9.17) is 20.8 Å². The summed E-state index contributed by atoms with van der Waals surface area (Å²) in [5, 5.41) is 3.49. The first-order valence-electron chi connectivity index (χ1n) is 7.41. The van der Waals surface area contributed by atoms with Crippen molar-refractivity contribution < 1.29 is 13.9 Å². The normalized spacial score (nSPS) is 11.0. The molecule has 0 atom stereocenters. The van der Waals surface area contributed by atoms with Crippen molar-refractivity contribution in [2.45, 2.75) is 0 Å². The number of carbonyl (C=O) groups excluding carboxylic acids is 1. The minimum Gasteiger partial charge on any atom is -0.497 e. The van der Waals surface area contributed by atoms with Gasteiger partial charge in [-0.15, -0.1) is 0 Å². The molecule has 0 aliphatic heterocycles. The lowest BCUT2D eigenvalue weighted by Crippen LogP contribution is -2.09. The molecule has 0 fully saturated rings. The van der Waals surface area contributed by atoms with Crippen molar-refractivity contribution in [1.29, 1.82) is 0 Å². The molecular weight excluding hydrogens is 342 g/mol. The maximum atomic E-state index is 12.4. The van der Waals surface area contributed by atoms with E-state index < -0.39 is 5.91 Å². The van der Waals surface area contributed by atoms with Gasteiger partial charge in [-0.25, -0.2) is 0 Å². The molecule has 1 N–H and O–H groups in total. The Bertz CT molecular complexity index is 1020. The van der Waals surface area contributed by atoms with E-state index in [2.05, 4.69) is 5.32 Å². The van der Waals surface area contributed by atoms with Crippen LogP contribution in [0.25, 0.3) is 17.0 Å². The van der Waals surface area contributed by atoms with Gasteiger partial charge in [0.15, 0.2) is 5.43 Å². The average Bonchev–Trinajstić information content (AvgIpc) is 2.63. The summed E-state index contributed by atoms with van der Waals surface area (Å²) in [6, 6.07) is 11.8. The number of hydrogen-bond donors (Lipinski definition) is 1. The highest BCUT2D eigenvalue weighted by molar-refractivity contribution is 6.33. The van der Waals surface area contributed by atoms with Crippen LogP contribution in [0.3, 0.4) is 0 Å². The van der Waals surface area contributed by atoms with Crippen molar-refractivity contribution in [3.05, 3.63) is 75.6 Å². The van der Waals surface area contributed by atoms with E-state index in [1.165, 1.54) is 25.5 Å². The fourth-order valence-electron chi connectivity index (χ4n) is 2.27. The van der Waals surface area contributed by atoms with E-state index >= 15 is 0 Å². The molecule has 6 heteroatoms. The Morgan fingerprint density at radius 3 is 2.80 bits per heavy atom. The number of benzene rings is 2. The van der Waals surface area contributed by atoms with Crippen LogP contribution in [0.15, 0.2) is 64.0 Å². The summed E-state index contributed by atoms with van der Waals surface area (Å²) in [7, 11) is 1.54. The standard InChI is InChI=1S/C19H14ClNO4/c1-24-13-7-8-14-17(10-13)25-11-12(19(14)23)6-9-18(22)21-16-5-3-2-4-15(16)20/h2-11H,1H3,(H,21,22)/b9-6+. The first-order valence-corrected chi connectivity index (χ1v) is 7.79. The Morgan fingerprint density at radius 2 is 2.04 bits per heavy atom. The summed E-state index contributed by atoms with van der Waals surface area (Å²) in [5.41, 5.74) is 0.955. The summed E-state index contributed by atoms with van der Waals surface area (Å²) in [5.74, 6) is 0.195. The minimum absolute atomic E-state index is 0.231. The Balaban J connectivity index is 1.84. The van der Waals surface area contributed by atoms with Gasteiger partial charge in [-0.1, -0.05) is 23.7 Å². The average molecular weight is 356 g/mol. The van der Waals surface area contributed by atoms with Crippen molar-refractivity contribution in [1.82, 2.24) is 0 Å². The van der Waals surface area contributed by atoms with Crippen molar-refractivity contribution in [2.24, 2.45) is 0 Å². The molecule has 0 spiro atoms. The lowest BCUT2D eigenvalue weighted by Gasteiger charge is -2.04. The van der Waals surface area contributed by atoms with Gasteiger partial charge < -0.3 is 14.5 Å². The number of halogens is 1. The zero-order chi connectivity index (χ0) is 17.8. The molecule has 0 unspecified atom stereocenters. The number of hydrogen-bond acceptors (Lipinski definition) is 4. The number of carbonyl (C=O) groups is 1. The van der Waals surface area contributed by atoms with Gasteiger partial charge >= 0.3 is 0 Å². The molecule has 2 aromatic carbocycles. The summed E-state index contributed by atoms with van der Waals surface area (Å²) < 4.78 is 10.5. The number of nitrogens with one attached hydrogen (secondary N) is 1. The van der Waals surface area contributed by atoms with E-state index in [0.29, 0.717) is 27.4 Å². The van der Waals surface area contributed by atoms with E-state index in [1.54, 1.807) is 42.5 Å². The van der Waals surface area contributed by atoms with Gasteiger partial charge in [-0.2, -0.15) is 0 Å². The maximum absolute atomic E-state index is 12.4. The van der Waals surface area contributed by atoms with Gasteiger partial charge in [0.05, 0.1) is 28.8 Å². The van der Waals surface area contributed by atoms with Gasteiger partial charge in [-0.3, -0.25) is 9.59 Å². The van der Waals surface area contributed by atoms with Crippen LogP contribution in [0.2, 0.25) is 5.02 Å². The molecule has 25 heavy (non-hydrogen) atoms. The lowest BCUT2D eigenvalue weighted by atomic mass is 10.1. The van der Waals surface area contributed by atoms with Crippen LogP contribution >= 0.6 is 11.6 Å². The molecule has 1 amide bonds. The van der Waals surface area contributed by atoms with Crippen molar-refractivity contribution in [2.75, 3.05) is 12.4 Å². The van der Waals surface area contributed by atoms with Crippen LogP contribution < -0.4 is 15.5 Å². The molecule has 1 aromatic heterocycles. The van der Waals surface area contributed by atoms with Crippen molar-refractivity contribution >= 4 is 40.2 Å². The second-order valence-corrected chi connectivity index (χ2v) is 5.59. The number of para-hydroxylation sites is 1. The zero-order valence-corrected chi connectivity index (χ0v) is 14.0. The van der Waals surface area contributed by atoms with Gasteiger partial charge in [0, 0.05) is 12.1 Å². The zero-order valence-electron chi connectivity index (χ0n) is 13.3. The number of rotatable bonds is 4. The summed E-state index contributed by atoms with van der Waals surface area (Å²) in [4.78, 5) is 24.4. The molecule has 0 radical (unpaired) electrons. The van der Waals surface area contributed by atoms with Crippen LogP contribution in [0.4, 0.5) is 5.69 Å². The molecule has 1 heterocycles. The number of methoxy groups -OCH3 is 1. The van der Waals surface area contributed by atoms with Gasteiger partial charge in [0.1, 0.15) is 17.6 Å². The van der Waals surface area contributed by atoms with Gasteiger partial charge in [0.2, 0.25) is 5.91 Å². The molecule has 0 aliphatic carbocycles. The first kappa shape index (κ1) is 16.8. The lowest BCUT2D eigenvalue weighted by molar-refractivity contribution is -0.111. The number of fused-ring (bicyclic) bond motifs is 1. The molecule has 0 bridgehead atoms. The summed E-state index contributed by atoms with van der Waals surface area (Å²) in [6.07, 6.45) is 3.97. The monoisotopic (exact) mass is 355 g/mol. The SMILES string of the molecule is COc1ccc2c(=O)c(/C=C/C(=O)Nc3ccccc3Cl)coc2c1. The highest BCUT2D eigenvalue weighted by Gasteiger charge is 2.07. The predicted molar refractivity (Wildman–Crippen MR) is 98.2 cm³/mol. The number of anilines is 1. The molecule has 126 valence electrons. The molecule has 3 aromatic rings. The van der Waals surface area contributed by atoms with Crippen LogP contribution in [0.1, 0.15) is 5.56 Å². The van der Waals surface area contributed by atoms with Crippen LogP contribution in [0, 0.1) is 0 Å². The third-order valence-electron chi connectivity index (χ3n) is 3.55. The predicted octanol–water partition coefficient (Wildman–Crippen LogP) is 4.11. The topological polar surface area (TPSA) is 68.5 Å². The Labute approximate surface area is 148 Å². The van der Waals surface area contributed by atoms with Crippen LogP contribution in [0.5, 0.6) is 5.75 Å². The number of ether oxygens (including phenoxy) is 1. The smallest absolute Gasteiger partial charge is 0.248 e. The molecular formula is C19H14ClNO4. The molecule has 0 saturated heterocycles. The highest BCUT2D eigenvalue weighted by atomic mass is 35.5.